The molecule has 0 aromatic heterocycles. The highest BCUT2D eigenvalue weighted by Crippen LogP contribution is 2.60. The molecule has 5 nitrogen and oxygen atoms in total. The van der Waals surface area contributed by atoms with Crippen LogP contribution < -0.4 is 4.90 Å². The number of fused-ring (bicyclic) bond motifs is 9. The summed E-state index contributed by atoms with van der Waals surface area (Å²) >= 11 is 0. The van der Waals surface area contributed by atoms with Crippen molar-refractivity contribution in [1.82, 2.24) is 0 Å². The van der Waals surface area contributed by atoms with Crippen molar-refractivity contribution in [2.75, 3.05) is 4.90 Å². The first-order chi connectivity index (χ1) is 10.5. The quantitative estimate of drug-likeness (QED) is 0.583. The van der Waals surface area contributed by atoms with Gasteiger partial charge in [-0.15, -0.1) is 0 Å². The number of carbonyl (C=O) groups excluding carboxylic acids is 2. The lowest BCUT2D eigenvalue weighted by molar-refractivity contribution is -0.196. The van der Waals surface area contributed by atoms with Crippen molar-refractivity contribution in [1.29, 1.82) is 0 Å². The zero-order valence-electron chi connectivity index (χ0n) is 12.0. The van der Waals surface area contributed by atoms with Crippen LogP contribution in [0.5, 0.6) is 0 Å². The van der Waals surface area contributed by atoms with Gasteiger partial charge >= 0.3 is 11.9 Å². The van der Waals surface area contributed by atoms with E-state index in [-0.39, 0.29) is 29.6 Å². The van der Waals surface area contributed by atoms with Gasteiger partial charge in [-0.1, -0.05) is 23.8 Å². The highest BCUT2D eigenvalue weighted by Gasteiger charge is 2.70. The Labute approximate surface area is 127 Å². The van der Waals surface area contributed by atoms with Gasteiger partial charge in [-0.25, -0.2) is 9.69 Å². The molecule has 1 aromatic carbocycles. The Morgan fingerprint density at radius 2 is 2.05 bits per heavy atom. The number of amides is 1. The molecule has 1 saturated carbocycles. The molecule has 1 amide bonds. The van der Waals surface area contributed by atoms with Crippen LogP contribution in [-0.4, -0.2) is 22.9 Å². The van der Waals surface area contributed by atoms with E-state index in [9.17, 15) is 14.7 Å². The molecule has 22 heavy (non-hydrogen) atoms. The van der Waals surface area contributed by atoms with Gasteiger partial charge in [0.05, 0.1) is 23.1 Å². The second kappa shape index (κ2) is 3.60. The molecule has 1 aromatic rings. The van der Waals surface area contributed by atoms with E-state index in [2.05, 4.69) is 6.08 Å². The normalized spacial score (nSPS) is 40.5. The van der Waals surface area contributed by atoms with Gasteiger partial charge in [0.2, 0.25) is 5.91 Å². The fourth-order valence-electron chi connectivity index (χ4n) is 4.73. The van der Waals surface area contributed by atoms with E-state index in [0.717, 1.165) is 12.0 Å². The molecule has 0 spiro atoms. The number of anilines is 1. The summed E-state index contributed by atoms with van der Waals surface area (Å²) in [6, 6.07) is 5.27. The number of hydrogen-bond acceptors (Lipinski definition) is 4. The predicted molar refractivity (Wildman–Crippen MR) is 76.7 cm³/mol. The maximum Gasteiger partial charge on any atom is 0.344 e. The Morgan fingerprint density at radius 3 is 2.86 bits per heavy atom. The molecule has 2 aliphatic heterocycles. The summed E-state index contributed by atoms with van der Waals surface area (Å²) in [5, 5.41) is 11.1. The third-order valence-corrected chi connectivity index (χ3v) is 5.58. The largest absolute Gasteiger partial charge is 0.409 e. The minimum Gasteiger partial charge on any atom is -0.409 e. The molecule has 5 rings (SSSR count). The number of nitrogens with zero attached hydrogens (tertiary/aromatic N) is 1. The number of aliphatic hydroxyl groups is 1. The van der Waals surface area contributed by atoms with Gasteiger partial charge in [-0.05, 0) is 37.3 Å². The van der Waals surface area contributed by atoms with Crippen molar-refractivity contribution in [3.05, 3.63) is 41.5 Å². The molecule has 112 valence electrons. The summed E-state index contributed by atoms with van der Waals surface area (Å²) in [5.74, 6) is -2.96. The average Bonchev–Trinajstić information content (AvgIpc) is 3.13. The number of carbonyl (C=O) groups is 2. The van der Waals surface area contributed by atoms with Crippen LogP contribution in [0.2, 0.25) is 0 Å². The number of aryl methyl sites for hydroxylation is 1. The fourth-order valence-corrected chi connectivity index (χ4v) is 4.73. The molecule has 2 fully saturated rings. The Kier molecular flexibility index (Phi) is 2.03. The molecule has 1 saturated heterocycles. The van der Waals surface area contributed by atoms with Crippen LogP contribution in [0.4, 0.5) is 5.69 Å². The van der Waals surface area contributed by atoms with Crippen LogP contribution >= 0.6 is 0 Å². The molecule has 0 unspecified atom stereocenters. The lowest BCUT2D eigenvalue weighted by Gasteiger charge is -2.41. The van der Waals surface area contributed by atoms with Gasteiger partial charge in [0.15, 0.2) is 0 Å². The van der Waals surface area contributed by atoms with Crippen molar-refractivity contribution >= 4 is 17.6 Å². The molecule has 2 bridgehead atoms. The van der Waals surface area contributed by atoms with Gasteiger partial charge in [0.1, 0.15) is 0 Å². The third-order valence-electron chi connectivity index (χ3n) is 5.58. The number of hydrogen-bond donors (Lipinski definition) is 1. The van der Waals surface area contributed by atoms with Gasteiger partial charge in [-0.2, -0.15) is 0 Å². The summed E-state index contributed by atoms with van der Waals surface area (Å²) < 4.78 is 5.40. The molecular formula is C17H15NO4. The molecule has 2 aliphatic carbocycles. The Balaban J connectivity index is 1.73. The first-order valence-corrected chi connectivity index (χ1v) is 7.59. The number of esters is 1. The van der Waals surface area contributed by atoms with Crippen molar-refractivity contribution < 1.29 is 19.4 Å². The van der Waals surface area contributed by atoms with Gasteiger partial charge < -0.3 is 9.84 Å². The van der Waals surface area contributed by atoms with E-state index in [1.165, 1.54) is 4.90 Å². The SMILES string of the molecule is Cc1ccc2c(c1)C(=O)O[C@@]1(O)[C@H]3[C@@H](C(=O)N21)[C@H]1C=C[C@@H]3C1. The Hall–Kier alpha value is -2.14. The van der Waals surface area contributed by atoms with E-state index < -0.39 is 11.9 Å². The molecular weight excluding hydrogens is 282 g/mol. The van der Waals surface area contributed by atoms with E-state index in [1.54, 1.807) is 12.1 Å². The first kappa shape index (κ1) is 12.4. The Morgan fingerprint density at radius 1 is 1.27 bits per heavy atom. The van der Waals surface area contributed by atoms with Crippen LogP contribution in [0.15, 0.2) is 30.4 Å². The number of rotatable bonds is 0. The van der Waals surface area contributed by atoms with Crippen LogP contribution in [0.1, 0.15) is 22.3 Å². The monoisotopic (exact) mass is 297 g/mol. The van der Waals surface area contributed by atoms with Crippen molar-refractivity contribution in [2.24, 2.45) is 23.7 Å². The highest BCUT2D eigenvalue weighted by atomic mass is 16.7. The number of allylic oxidation sites excluding steroid dienone is 2. The second-order valence-electron chi connectivity index (χ2n) is 6.74. The standard InChI is InChI=1S/C17H15NO4/c1-8-2-5-12-11(6-8)16(20)22-17(21)14-10-4-3-9(7-10)13(14)15(19)18(12)17/h2-6,9-10,13-14,21H,7H2,1H3/t9-,10+,13-,14+,17-/m0/s1. The van der Waals surface area contributed by atoms with Crippen molar-refractivity contribution in [2.45, 2.75) is 19.3 Å². The van der Waals surface area contributed by atoms with Crippen molar-refractivity contribution in [3.8, 4) is 0 Å². The Bertz CT molecular complexity index is 770. The maximum atomic E-state index is 12.9. The zero-order chi connectivity index (χ0) is 15.2. The van der Waals surface area contributed by atoms with Gasteiger partial charge in [0, 0.05) is 0 Å². The highest BCUT2D eigenvalue weighted by molar-refractivity contribution is 6.08. The molecule has 4 aliphatic rings. The molecule has 0 radical (unpaired) electrons. The fraction of sp³-hybridized carbons (Fsp3) is 0.412. The van der Waals surface area contributed by atoms with E-state index in [4.69, 9.17) is 4.74 Å². The molecule has 5 heteroatoms. The summed E-state index contributed by atoms with van der Waals surface area (Å²) in [6.45, 7) is 1.87. The van der Waals surface area contributed by atoms with Gasteiger partial charge in [-0.3, -0.25) is 4.79 Å². The molecule has 1 N–H and O–H groups in total. The smallest absolute Gasteiger partial charge is 0.344 e. The van der Waals surface area contributed by atoms with E-state index in [0.29, 0.717) is 11.3 Å². The number of ether oxygens (including phenoxy) is 1. The first-order valence-electron chi connectivity index (χ1n) is 7.59. The average molecular weight is 297 g/mol. The maximum absolute atomic E-state index is 12.9. The molecule has 5 atom stereocenters. The molecule has 2 heterocycles. The topological polar surface area (TPSA) is 66.8 Å². The van der Waals surface area contributed by atoms with Crippen LogP contribution in [0.3, 0.4) is 0 Å². The lowest BCUT2D eigenvalue weighted by Crippen LogP contribution is -2.57. The summed E-state index contributed by atoms with van der Waals surface area (Å²) in [7, 11) is 0. The van der Waals surface area contributed by atoms with Crippen LogP contribution in [0.25, 0.3) is 0 Å². The van der Waals surface area contributed by atoms with Gasteiger partial charge in [0.25, 0.3) is 0 Å². The third kappa shape index (κ3) is 1.21. The summed E-state index contributed by atoms with van der Waals surface area (Å²) in [4.78, 5) is 26.6. The lowest BCUT2D eigenvalue weighted by atomic mass is 9.83. The minimum atomic E-state index is -1.84. The predicted octanol–water partition coefficient (Wildman–Crippen LogP) is 1.60. The summed E-state index contributed by atoms with van der Waals surface area (Å²) in [5.41, 5.74) is 1.72. The number of benzene rings is 1. The van der Waals surface area contributed by atoms with Crippen LogP contribution in [0, 0.1) is 30.6 Å². The summed E-state index contributed by atoms with van der Waals surface area (Å²) in [6.07, 6.45) is 4.96. The van der Waals surface area contributed by atoms with Crippen molar-refractivity contribution in [3.63, 3.8) is 0 Å². The minimum absolute atomic E-state index is 0.0914. The zero-order valence-corrected chi connectivity index (χ0v) is 12.0. The van der Waals surface area contributed by atoms with E-state index >= 15 is 0 Å². The van der Waals surface area contributed by atoms with E-state index in [1.807, 2.05) is 19.1 Å². The second-order valence-corrected chi connectivity index (χ2v) is 6.74. The van der Waals surface area contributed by atoms with Crippen LogP contribution in [-0.2, 0) is 9.53 Å².